The molecule has 16 heavy (non-hydrogen) atoms. The van der Waals surface area contributed by atoms with Crippen LogP contribution < -0.4 is 5.32 Å². The zero-order valence-corrected chi connectivity index (χ0v) is 11.8. The fourth-order valence-corrected chi connectivity index (χ4v) is 1.97. The number of rotatable bonds is 6. The van der Waals surface area contributed by atoms with Crippen molar-refractivity contribution in [2.45, 2.75) is 26.4 Å². The van der Waals surface area contributed by atoms with Crippen LogP contribution in [-0.4, -0.2) is 19.8 Å². The van der Waals surface area contributed by atoms with Crippen molar-refractivity contribution in [2.75, 3.05) is 13.7 Å². The molecule has 0 aromatic heterocycles. The van der Waals surface area contributed by atoms with Crippen LogP contribution in [0.1, 0.15) is 19.4 Å². The van der Waals surface area contributed by atoms with E-state index in [0.29, 0.717) is 12.0 Å². The second-order valence-corrected chi connectivity index (χ2v) is 5.13. The Labute approximate surface area is 107 Å². The molecule has 0 radical (unpaired) electrons. The quantitative estimate of drug-likeness (QED) is 0.867. The maximum atomic E-state index is 5.21. The summed E-state index contributed by atoms with van der Waals surface area (Å²) in [6.07, 6.45) is 0. The van der Waals surface area contributed by atoms with Crippen molar-refractivity contribution in [3.05, 3.63) is 34.3 Å². The first kappa shape index (κ1) is 13.7. The zero-order chi connectivity index (χ0) is 12.0. The normalized spacial score (nSPS) is 13.1. The summed E-state index contributed by atoms with van der Waals surface area (Å²) in [5.74, 6) is 0.572. The largest absolute Gasteiger partial charge is 0.383 e. The Kier molecular flexibility index (Phi) is 6.03. The lowest BCUT2D eigenvalue weighted by molar-refractivity contribution is 0.146. The van der Waals surface area contributed by atoms with Crippen LogP contribution >= 0.6 is 15.9 Å². The van der Waals surface area contributed by atoms with Crippen LogP contribution in [0.25, 0.3) is 0 Å². The third-order valence-corrected chi connectivity index (χ3v) is 3.44. The molecule has 0 fully saturated rings. The van der Waals surface area contributed by atoms with Crippen molar-refractivity contribution in [1.29, 1.82) is 0 Å². The van der Waals surface area contributed by atoms with Crippen molar-refractivity contribution >= 4 is 15.9 Å². The van der Waals surface area contributed by atoms with Gasteiger partial charge in [0.05, 0.1) is 6.61 Å². The van der Waals surface area contributed by atoms with Crippen LogP contribution in [0.5, 0.6) is 0 Å². The van der Waals surface area contributed by atoms with E-state index >= 15 is 0 Å². The van der Waals surface area contributed by atoms with Gasteiger partial charge in [0.25, 0.3) is 0 Å². The average Bonchev–Trinajstić information content (AvgIpc) is 2.26. The molecule has 1 rings (SSSR count). The molecule has 2 nitrogen and oxygen atoms in total. The number of nitrogens with one attached hydrogen (secondary N) is 1. The fraction of sp³-hybridized carbons (Fsp3) is 0.538. The first-order chi connectivity index (χ1) is 7.65. The number of hydrogen-bond acceptors (Lipinski definition) is 2. The smallest absolute Gasteiger partial charge is 0.0618 e. The number of hydrogen-bond donors (Lipinski definition) is 1. The van der Waals surface area contributed by atoms with Crippen LogP contribution in [0.2, 0.25) is 0 Å². The lowest BCUT2D eigenvalue weighted by Crippen LogP contribution is -2.37. The van der Waals surface area contributed by atoms with E-state index < -0.39 is 0 Å². The highest BCUT2D eigenvalue weighted by Gasteiger charge is 2.12. The lowest BCUT2D eigenvalue weighted by atomic mass is 10.1. The van der Waals surface area contributed by atoms with E-state index in [0.717, 1.165) is 17.6 Å². The van der Waals surface area contributed by atoms with Gasteiger partial charge in [-0.2, -0.15) is 0 Å². The summed E-state index contributed by atoms with van der Waals surface area (Å²) in [4.78, 5) is 0. The van der Waals surface area contributed by atoms with E-state index in [1.165, 1.54) is 5.56 Å². The topological polar surface area (TPSA) is 21.3 Å². The highest BCUT2D eigenvalue weighted by atomic mass is 79.9. The molecule has 0 heterocycles. The highest BCUT2D eigenvalue weighted by Crippen LogP contribution is 2.16. The van der Waals surface area contributed by atoms with E-state index in [-0.39, 0.29) is 0 Å². The molecule has 3 heteroatoms. The van der Waals surface area contributed by atoms with Crippen molar-refractivity contribution in [3.63, 3.8) is 0 Å². The number of ether oxygens (including phenoxy) is 1. The minimum absolute atomic E-state index is 0.400. The number of halogens is 1. The van der Waals surface area contributed by atoms with Crippen LogP contribution in [0.4, 0.5) is 0 Å². The Morgan fingerprint density at radius 2 is 2.00 bits per heavy atom. The van der Waals surface area contributed by atoms with E-state index in [1.807, 2.05) is 6.07 Å². The summed E-state index contributed by atoms with van der Waals surface area (Å²) < 4.78 is 6.36. The molecular formula is C13H20BrNO. The van der Waals surface area contributed by atoms with Gasteiger partial charge < -0.3 is 10.1 Å². The Morgan fingerprint density at radius 3 is 2.56 bits per heavy atom. The van der Waals surface area contributed by atoms with Crippen molar-refractivity contribution in [2.24, 2.45) is 5.92 Å². The first-order valence-electron chi connectivity index (χ1n) is 5.61. The Balaban J connectivity index is 2.52. The van der Waals surface area contributed by atoms with Gasteiger partial charge in [-0.15, -0.1) is 0 Å². The average molecular weight is 286 g/mol. The minimum atomic E-state index is 0.400. The lowest BCUT2D eigenvalue weighted by Gasteiger charge is -2.21. The van der Waals surface area contributed by atoms with Gasteiger partial charge in [-0.05, 0) is 17.5 Å². The second-order valence-electron chi connectivity index (χ2n) is 4.28. The van der Waals surface area contributed by atoms with E-state index in [2.05, 4.69) is 53.3 Å². The van der Waals surface area contributed by atoms with E-state index in [1.54, 1.807) is 7.11 Å². The summed E-state index contributed by atoms with van der Waals surface area (Å²) in [6, 6.07) is 8.68. The van der Waals surface area contributed by atoms with Crippen LogP contribution in [0.3, 0.4) is 0 Å². The maximum Gasteiger partial charge on any atom is 0.0618 e. The molecule has 0 saturated carbocycles. The van der Waals surface area contributed by atoms with Gasteiger partial charge in [-0.3, -0.25) is 0 Å². The molecule has 0 aliphatic rings. The predicted octanol–water partition coefficient (Wildman–Crippen LogP) is 3.21. The SMILES string of the molecule is COCC(NCc1ccccc1Br)C(C)C. The summed E-state index contributed by atoms with van der Waals surface area (Å²) in [5.41, 5.74) is 1.28. The molecule has 0 spiro atoms. The van der Waals surface area contributed by atoms with Crippen LogP contribution in [-0.2, 0) is 11.3 Å². The van der Waals surface area contributed by atoms with Crippen LogP contribution in [0.15, 0.2) is 28.7 Å². The predicted molar refractivity (Wildman–Crippen MR) is 71.5 cm³/mol. The van der Waals surface area contributed by atoms with Gasteiger partial charge >= 0.3 is 0 Å². The summed E-state index contributed by atoms with van der Waals surface area (Å²) in [7, 11) is 1.75. The van der Waals surface area contributed by atoms with Gasteiger partial charge in [0.1, 0.15) is 0 Å². The Bertz CT molecular complexity index is 315. The van der Waals surface area contributed by atoms with Crippen molar-refractivity contribution in [3.8, 4) is 0 Å². The summed E-state index contributed by atoms with van der Waals surface area (Å²) in [5, 5.41) is 3.52. The standard InChI is InChI=1S/C13H20BrNO/c1-10(2)13(9-16-3)15-8-11-6-4-5-7-12(11)14/h4-7,10,13,15H,8-9H2,1-3H3. The van der Waals surface area contributed by atoms with Gasteiger partial charge in [-0.25, -0.2) is 0 Å². The fourth-order valence-electron chi connectivity index (χ4n) is 1.55. The molecule has 0 saturated heterocycles. The van der Waals surface area contributed by atoms with Gasteiger partial charge in [0.15, 0.2) is 0 Å². The molecular weight excluding hydrogens is 266 g/mol. The molecule has 0 aliphatic heterocycles. The molecule has 1 unspecified atom stereocenters. The molecule has 0 aliphatic carbocycles. The maximum absolute atomic E-state index is 5.21. The van der Waals surface area contributed by atoms with E-state index in [9.17, 15) is 0 Å². The van der Waals surface area contributed by atoms with Gasteiger partial charge in [0.2, 0.25) is 0 Å². The molecule has 1 aromatic rings. The van der Waals surface area contributed by atoms with Gasteiger partial charge in [-0.1, -0.05) is 48.0 Å². The monoisotopic (exact) mass is 285 g/mol. The Morgan fingerprint density at radius 1 is 1.31 bits per heavy atom. The van der Waals surface area contributed by atoms with Gasteiger partial charge in [0, 0.05) is 24.2 Å². The number of benzene rings is 1. The van der Waals surface area contributed by atoms with Crippen molar-refractivity contribution in [1.82, 2.24) is 5.32 Å². The zero-order valence-electron chi connectivity index (χ0n) is 10.2. The summed E-state index contributed by atoms with van der Waals surface area (Å²) in [6.45, 7) is 6.03. The molecule has 1 atom stereocenters. The second kappa shape index (κ2) is 7.05. The van der Waals surface area contributed by atoms with Crippen LogP contribution in [0, 0.1) is 5.92 Å². The summed E-state index contributed by atoms with van der Waals surface area (Å²) >= 11 is 3.55. The molecule has 1 aromatic carbocycles. The first-order valence-corrected chi connectivity index (χ1v) is 6.40. The molecule has 0 bridgehead atoms. The third-order valence-electron chi connectivity index (χ3n) is 2.66. The Hall–Kier alpha value is -0.380. The highest BCUT2D eigenvalue weighted by molar-refractivity contribution is 9.10. The number of methoxy groups -OCH3 is 1. The third kappa shape index (κ3) is 4.24. The molecule has 1 N–H and O–H groups in total. The molecule has 0 amide bonds. The minimum Gasteiger partial charge on any atom is -0.383 e. The molecule has 90 valence electrons. The van der Waals surface area contributed by atoms with E-state index in [4.69, 9.17) is 4.74 Å². The van der Waals surface area contributed by atoms with Crippen molar-refractivity contribution < 1.29 is 4.74 Å².